The standard InChI is InChI=1S/C22H25N3O6S.C20H23N3O5S.C15H15N3O3S.C13H19N3O3S/c1-12(26)30-15-8-6-5-7-13(15)19(28)24-20-17(18(23)27)14-9-10-25(11-16(14)32-20)21(29)31-22(2,3)4;1-20(2,3)28-19(27)23-9-8-12-14(10-23)29-18(15(12)16(21)25)22-17(26)11-6-4-5-7-13(11)24;16-13(20)12-9-5-6-17-7-11(9)22-15(12)18-14(21)8-3-1-2-4-10(8)19;1-13(2,3)19-12(18)16-5-4-7-8(6-16)20-11(15)9(7)10(14)17/h5-8H,9-11H2,1-4H3,(H2,23,27)(H,24,28);4-7,24H,8-10H2,1-3H3,(H2,21,25)(H,22,26);1-4,17,19H,5-7H2,(H2,16,20)(H,18,21);4-6,15H2,1-3H3,(H2,14,17). The van der Waals surface area contributed by atoms with Gasteiger partial charge in [-0.15, -0.1) is 45.3 Å². The topological polar surface area (TPSA) is 453 Å². The number of ether oxygens (including phenoxy) is 4. The minimum Gasteiger partial charge on any atom is -0.507 e. The molecule has 0 fully saturated rings. The van der Waals surface area contributed by atoms with Crippen LogP contribution < -0.4 is 54.7 Å². The molecule has 0 saturated heterocycles. The first-order valence-corrected chi connectivity index (χ1v) is 35.5. The number of fused-ring (bicyclic) bond motifs is 4. The molecule has 8 heterocycles. The van der Waals surface area contributed by atoms with Crippen molar-refractivity contribution in [2.45, 2.75) is 138 Å². The summed E-state index contributed by atoms with van der Waals surface area (Å²) < 4.78 is 21.3. The summed E-state index contributed by atoms with van der Waals surface area (Å²) >= 11 is 5.03. The van der Waals surface area contributed by atoms with Crippen LogP contribution in [0.15, 0.2) is 72.8 Å². The van der Waals surface area contributed by atoms with Gasteiger partial charge in [-0.1, -0.05) is 36.4 Å². The fraction of sp³-hybridized carbons (Fsp3) is 0.357. The van der Waals surface area contributed by atoms with E-state index in [4.69, 9.17) is 47.6 Å². The van der Waals surface area contributed by atoms with E-state index in [0.29, 0.717) is 90.1 Å². The second kappa shape index (κ2) is 32.6. The van der Waals surface area contributed by atoms with Crippen molar-refractivity contribution in [2.24, 2.45) is 22.9 Å². The third kappa shape index (κ3) is 19.9. The number of thiophene rings is 4. The number of carbonyl (C=O) groups excluding carboxylic acids is 11. The monoisotopic (exact) mass is 1490 g/mol. The van der Waals surface area contributed by atoms with Crippen LogP contribution in [0.25, 0.3) is 0 Å². The Morgan fingerprint density at radius 1 is 0.447 bits per heavy atom. The van der Waals surface area contributed by atoms with Gasteiger partial charge in [0.2, 0.25) is 0 Å². The highest BCUT2D eigenvalue weighted by molar-refractivity contribution is 7.18. The second-order valence-corrected chi connectivity index (χ2v) is 31.1. The number of amides is 10. The normalized spacial score (nSPS) is 13.7. The molecule has 10 amide bonds. The van der Waals surface area contributed by atoms with Crippen LogP contribution in [0.2, 0.25) is 0 Å². The lowest BCUT2D eigenvalue weighted by atomic mass is 10.0. The van der Waals surface area contributed by atoms with Crippen molar-refractivity contribution in [1.29, 1.82) is 0 Å². The van der Waals surface area contributed by atoms with Crippen molar-refractivity contribution < 1.29 is 81.9 Å². The van der Waals surface area contributed by atoms with E-state index in [0.717, 1.165) is 42.7 Å². The summed E-state index contributed by atoms with van der Waals surface area (Å²) in [4.78, 5) is 141. The fourth-order valence-corrected chi connectivity index (χ4v) is 16.0. The van der Waals surface area contributed by atoms with E-state index in [1.165, 1.54) is 88.7 Å². The van der Waals surface area contributed by atoms with Crippen molar-refractivity contribution in [2.75, 3.05) is 47.9 Å². The predicted molar refractivity (Wildman–Crippen MR) is 390 cm³/mol. The second-order valence-electron chi connectivity index (χ2n) is 26.7. The lowest BCUT2D eigenvalue weighted by Gasteiger charge is -2.30. The number of hydrogen-bond donors (Lipinski definition) is 11. The molecule has 0 saturated carbocycles. The average Bonchev–Trinajstić information content (AvgIpc) is 1.65. The highest BCUT2D eigenvalue weighted by Gasteiger charge is 2.36. The molecule has 0 bridgehead atoms. The molecule has 11 rings (SSSR count). The maximum absolute atomic E-state index is 12.9. The summed E-state index contributed by atoms with van der Waals surface area (Å²) in [5.41, 5.74) is 30.9. The number of primary amides is 4. The average molecular weight is 1490 g/mol. The summed E-state index contributed by atoms with van der Waals surface area (Å²) in [6, 6.07) is 18.7. The Kier molecular flexibility index (Phi) is 24.7. The number of para-hydroxylation sites is 3. The number of phenols is 2. The minimum atomic E-state index is -0.670. The molecule has 103 heavy (non-hydrogen) atoms. The van der Waals surface area contributed by atoms with Gasteiger partial charge in [-0.3, -0.25) is 38.4 Å². The number of nitrogen functional groups attached to an aromatic ring is 1. The molecule has 16 N–H and O–H groups in total. The van der Waals surface area contributed by atoms with E-state index < -0.39 is 76.3 Å². The van der Waals surface area contributed by atoms with E-state index >= 15 is 0 Å². The molecular formula is C70H82N12O17S4. The van der Waals surface area contributed by atoms with Crippen LogP contribution in [0.5, 0.6) is 17.2 Å². The zero-order valence-electron chi connectivity index (χ0n) is 58.3. The van der Waals surface area contributed by atoms with Gasteiger partial charge in [-0.05, 0) is 153 Å². The van der Waals surface area contributed by atoms with E-state index in [1.54, 1.807) is 92.6 Å². The van der Waals surface area contributed by atoms with Crippen LogP contribution in [-0.4, -0.2) is 133 Å². The van der Waals surface area contributed by atoms with Gasteiger partial charge in [0.05, 0.1) is 63.6 Å². The first-order chi connectivity index (χ1) is 48.3. The number of carbonyl (C=O) groups is 11. The molecule has 33 heteroatoms. The van der Waals surface area contributed by atoms with Gasteiger partial charge >= 0.3 is 24.2 Å². The lowest BCUT2D eigenvalue weighted by molar-refractivity contribution is -0.131. The number of esters is 1. The summed E-state index contributed by atoms with van der Waals surface area (Å²) in [6.07, 6.45) is 0.877. The van der Waals surface area contributed by atoms with Gasteiger partial charge < -0.3 is 93.8 Å². The van der Waals surface area contributed by atoms with Crippen molar-refractivity contribution in [3.8, 4) is 17.2 Å². The summed E-state index contributed by atoms with van der Waals surface area (Å²) in [5, 5.41) is 32.4. The Hall–Kier alpha value is -10.6. The molecule has 0 spiro atoms. The number of phenolic OH excluding ortho intramolecular Hbond substituents is 2. The fourth-order valence-electron chi connectivity index (χ4n) is 11.1. The van der Waals surface area contributed by atoms with E-state index in [2.05, 4.69) is 21.3 Å². The van der Waals surface area contributed by atoms with E-state index in [-0.39, 0.29) is 69.2 Å². The number of rotatable bonds is 11. The number of nitrogens with one attached hydrogen (secondary N) is 4. The Balaban J connectivity index is 0.000000177. The molecule has 0 aliphatic carbocycles. The van der Waals surface area contributed by atoms with Crippen LogP contribution >= 0.6 is 45.3 Å². The predicted octanol–water partition coefficient (Wildman–Crippen LogP) is 9.59. The molecule has 548 valence electrons. The molecule has 4 aliphatic heterocycles. The Bertz CT molecular complexity index is 4480. The van der Waals surface area contributed by atoms with Crippen LogP contribution in [0.1, 0.15) is 184 Å². The number of nitrogens with zero attached hydrogens (tertiary/aromatic N) is 3. The third-order valence-electron chi connectivity index (χ3n) is 15.4. The molecule has 0 atom stereocenters. The minimum absolute atomic E-state index is 0.0877. The first-order valence-electron chi connectivity index (χ1n) is 32.2. The number of anilines is 4. The third-order valence-corrected chi connectivity index (χ3v) is 19.9. The zero-order chi connectivity index (χ0) is 75.7. The largest absolute Gasteiger partial charge is 0.507 e. The molecule has 0 radical (unpaired) electrons. The molecular weight excluding hydrogens is 1410 g/mol. The van der Waals surface area contributed by atoms with Crippen molar-refractivity contribution in [3.63, 3.8) is 0 Å². The highest BCUT2D eigenvalue weighted by atomic mass is 32.1. The van der Waals surface area contributed by atoms with Gasteiger partial charge in [0.15, 0.2) is 0 Å². The molecule has 0 unspecified atom stereocenters. The van der Waals surface area contributed by atoms with Crippen LogP contribution in [0, 0.1) is 0 Å². The van der Waals surface area contributed by atoms with Crippen LogP contribution in [-0.2, 0) is 70.9 Å². The molecule has 3 aromatic carbocycles. The highest BCUT2D eigenvalue weighted by Crippen LogP contribution is 2.41. The molecule has 4 aromatic heterocycles. The molecule has 29 nitrogen and oxygen atoms in total. The lowest BCUT2D eigenvalue weighted by Crippen LogP contribution is -2.39. The van der Waals surface area contributed by atoms with Gasteiger partial charge in [-0.25, -0.2) is 14.4 Å². The number of nitrogens with two attached hydrogens (primary N) is 5. The summed E-state index contributed by atoms with van der Waals surface area (Å²) in [6.45, 7) is 21.1. The van der Waals surface area contributed by atoms with Gasteiger partial charge in [0.1, 0.15) is 49.1 Å². The van der Waals surface area contributed by atoms with Crippen LogP contribution in [0.4, 0.5) is 34.4 Å². The number of hydrogen-bond acceptors (Lipinski definition) is 23. The van der Waals surface area contributed by atoms with Crippen molar-refractivity contribution in [3.05, 3.63) is 154 Å². The quantitative estimate of drug-likeness (QED) is 0.0326. The maximum Gasteiger partial charge on any atom is 0.410 e. The first kappa shape index (κ1) is 78.1. The van der Waals surface area contributed by atoms with Crippen molar-refractivity contribution >= 4 is 131 Å². The SMILES string of the molecule is CC(=O)Oc1ccccc1C(=O)Nc1sc2c(c1C(N)=O)CCN(C(=O)OC(C)(C)C)C2.CC(C)(C)OC(=O)N1CCc2c(sc(N)c2C(N)=O)C1.CC(C)(C)OC(=O)N1CCc2c(sc(NC(=O)c3ccccc3O)c2C(N)=O)C1.NC(=O)c1c(NC(=O)c2ccccc2O)sc2c1CCNC2. The Labute approximate surface area is 608 Å². The molecule has 4 aliphatic rings. The number of benzene rings is 3. The number of aromatic hydroxyl groups is 2. The van der Waals surface area contributed by atoms with Crippen molar-refractivity contribution in [1.82, 2.24) is 20.0 Å². The van der Waals surface area contributed by atoms with Gasteiger partial charge in [-0.2, -0.15) is 0 Å². The maximum atomic E-state index is 12.9. The smallest absolute Gasteiger partial charge is 0.410 e. The summed E-state index contributed by atoms with van der Waals surface area (Å²) in [7, 11) is 0. The Morgan fingerprint density at radius 3 is 1.13 bits per heavy atom. The van der Waals surface area contributed by atoms with E-state index in [9.17, 15) is 63.0 Å². The summed E-state index contributed by atoms with van der Waals surface area (Å²) in [5.74, 6) is -4.67. The van der Waals surface area contributed by atoms with E-state index in [1.807, 2.05) is 20.8 Å². The zero-order valence-corrected chi connectivity index (χ0v) is 61.6. The van der Waals surface area contributed by atoms with Crippen LogP contribution in [0.3, 0.4) is 0 Å². The Morgan fingerprint density at radius 2 is 0.767 bits per heavy atom. The van der Waals surface area contributed by atoms with Gasteiger partial charge in [0.25, 0.3) is 41.4 Å². The van der Waals surface area contributed by atoms with Gasteiger partial charge in [0, 0.05) is 52.6 Å². The molecule has 7 aromatic rings.